The zero-order chi connectivity index (χ0) is 20.0. The van der Waals surface area contributed by atoms with E-state index in [4.69, 9.17) is 16.3 Å². The summed E-state index contributed by atoms with van der Waals surface area (Å²) in [5.41, 5.74) is 4.64. The van der Waals surface area contributed by atoms with Crippen LogP contribution < -0.4 is 0 Å². The Bertz CT molecular complexity index is 1120. The molecule has 5 rings (SSSR count). The molecule has 1 amide bonds. The fourth-order valence-electron chi connectivity index (χ4n) is 4.06. The third kappa shape index (κ3) is 3.15. The van der Waals surface area contributed by atoms with E-state index in [-0.39, 0.29) is 17.8 Å². The molecule has 1 saturated heterocycles. The standard InChI is InChI=1S/C24H18ClNO3/c25-17-8-5-15(6-9-17)22-14-26(11-12-29-22)24(28)16-7-10-19-18-3-1-2-4-20(18)23(27)21(19)13-16/h1-10,13,22H,11-12,14H2. The second-order valence-electron chi connectivity index (χ2n) is 7.30. The van der Waals surface area contributed by atoms with Crippen molar-refractivity contribution in [2.24, 2.45) is 0 Å². The number of halogens is 1. The Morgan fingerprint density at radius 2 is 1.66 bits per heavy atom. The van der Waals surface area contributed by atoms with Crippen LogP contribution in [0.4, 0.5) is 0 Å². The average molecular weight is 404 g/mol. The quantitative estimate of drug-likeness (QED) is 0.484. The van der Waals surface area contributed by atoms with E-state index >= 15 is 0 Å². The van der Waals surface area contributed by atoms with Gasteiger partial charge in [0.25, 0.3) is 5.91 Å². The molecule has 3 aromatic rings. The minimum Gasteiger partial charge on any atom is -0.370 e. The van der Waals surface area contributed by atoms with Crippen molar-refractivity contribution < 1.29 is 14.3 Å². The molecule has 0 N–H and O–H groups in total. The summed E-state index contributed by atoms with van der Waals surface area (Å²) in [5, 5.41) is 0.668. The normalized spacial score (nSPS) is 17.8. The summed E-state index contributed by atoms with van der Waals surface area (Å²) in [7, 11) is 0. The molecule has 1 atom stereocenters. The van der Waals surface area contributed by atoms with Crippen LogP contribution in [-0.2, 0) is 4.74 Å². The lowest BCUT2D eigenvalue weighted by atomic mass is 10.0. The summed E-state index contributed by atoms with van der Waals surface area (Å²) in [4.78, 5) is 27.7. The minimum atomic E-state index is -0.190. The number of rotatable bonds is 2. The first-order valence-electron chi connectivity index (χ1n) is 9.56. The zero-order valence-electron chi connectivity index (χ0n) is 15.6. The third-order valence-electron chi connectivity index (χ3n) is 5.57. The highest BCUT2D eigenvalue weighted by atomic mass is 35.5. The van der Waals surface area contributed by atoms with Crippen molar-refractivity contribution in [1.29, 1.82) is 0 Å². The smallest absolute Gasteiger partial charge is 0.254 e. The van der Waals surface area contributed by atoms with Crippen molar-refractivity contribution in [3.8, 4) is 11.1 Å². The van der Waals surface area contributed by atoms with Crippen molar-refractivity contribution in [3.05, 3.63) is 94.0 Å². The van der Waals surface area contributed by atoms with Crippen LogP contribution in [0.3, 0.4) is 0 Å². The average Bonchev–Trinajstić information content (AvgIpc) is 3.06. The molecule has 1 aliphatic carbocycles. The van der Waals surface area contributed by atoms with Gasteiger partial charge in [-0.2, -0.15) is 0 Å². The monoisotopic (exact) mass is 403 g/mol. The Morgan fingerprint density at radius 1 is 0.931 bits per heavy atom. The van der Waals surface area contributed by atoms with Crippen LogP contribution in [0.5, 0.6) is 0 Å². The predicted octanol–water partition coefficient (Wildman–Crippen LogP) is 4.77. The molecule has 144 valence electrons. The van der Waals surface area contributed by atoms with E-state index in [9.17, 15) is 9.59 Å². The van der Waals surface area contributed by atoms with Gasteiger partial charge in [-0.15, -0.1) is 0 Å². The molecule has 1 heterocycles. The van der Waals surface area contributed by atoms with Crippen molar-refractivity contribution in [2.75, 3.05) is 19.7 Å². The fraction of sp³-hybridized carbons (Fsp3) is 0.167. The van der Waals surface area contributed by atoms with Crippen LogP contribution in [0.25, 0.3) is 11.1 Å². The molecule has 29 heavy (non-hydrogen) atoms. The lowest BCUT2D eigenvalue weighted by Gasteiger charge is -2.33. The van der Waals surface area contributed by atoms with Gasteiger partial charge >= 0.3 is 0 Å². The Balaban J connectivity index is 1.40. The van der Waals surface area contributed by atoms with Gasteiger partial charge in [0.2, 0.25) is 0 Å². The minimum absolute atomic E-state index is 0.0220. The van der Waals surface area contributed by atoms with E-state index in [2.05, 4.69) is 0 Å². The van der Waals surface area contributed by atoms with Gasteiger partial charge in [0.05, 0.1) is 13.2 Å². The van der Waals surface area contributed by atoms with E-state index in [0.29, 0.717) is 41.4 Å². The molecule has 3 aromatic carbocycles. The molecule has 1 aliphatic heterocycles. The Hall–Kier alpha value is -2.95. The first kappa shape index (κ1) is 18.1. The lowest BCUT2D eigenvalue weighted by Crippen LogP contribution is -2.42. The number of carbonyl (C=O) groups is 2. The molecule has 0 bridgehead atoms. The van der Waals surface area contributed by atoms with Gasteiger partial charge in [-0.3, -0.25) is 9.59 Å². The zero-order valence-corrected chi connectivity index (χ0v) is 16.4. The fourth-order valence-corrected chi connectivity index (χ4v) is 4.18. The van der Waals surface area contributed by atoms with Gasteiger partial charge in [0, 0.05) is 28.3 Å². The molecular formula is C24H18ClNO3. The van der Waals surface area contributed by atoms with E-state index < -0.39 is 0 Å². The van der Waals surface area contributed by atoms with Crippen molar-refractivity contribution in [2.45, 2.75) is 6.10 Å². The van der Waals surface area contributed by atoms with E-state index in [1.807, 2.05) is 60.7 Å². The van der Waals surface area contributed by atoms with Gasteiger partial charge in [0.15, 0.2) is 5.78 Å². The van der Waals surface area contributed by atoms with Crippen molar-refractivity contribution >= 4 is 23.3 Å². The summed E-state index contributed by atoms with van der Waals surface area (Å²) in [5.74, 6) is -0.106. The highest BCUT2D eigenvalue weighted by Crippen LogP contribution is 2.37. The maximum Gasteiger partial charge on any atom is 0.254 e. The summed E-state index contributed by atoms with van der Waals surface area (Å²) in [6.07, 6.45) is -0.190. The van der Waals surface area contributed by atoms with Gasteiger partial charge in [0.1, 0.15) is 6.10 Å². The number of hydrogen-bond acceptors (Lipinski definition) is 3. The second kappa shape index (κ2) is 7.14. The van der Waals surface area contributed by atoms with Crippen molar-refractivity contribution in [3.63, 3.8) is 0 Å². The number of benzene rings is 3. The maximum atomic E-state index is 13.1. The van der Waals surface area contributed by atoms with Crippen molar-refractivity contribution in [1.82, 2.24) is 4.90 Å². The SMILES string of the molecule is O=C1c2ccccc2-c2ccc(C(=O)N3CCOC(c4ccc(Cl)cc4)C3)cc21. The van der Waals surface area contributed by atoms with E-state index in [1.54, 1.807) is 11.0 Å². The molecule has 1 fully saturated rings. The topological polar surface area (TPSA) is 46.6 Å². The number of fused-ring (bicyclic) bond motifs is 3. The molecule has 0 radical (unpaired) electrons. The van der Waals surface area contributed by atoms with Crippen LogP contribution in [0, 0.1) is 0 Å². The first-order valence-corrected chi connectivity index (χ1v) is 9.94. The Labute approximate surface area is 173 Å². The molecule has 0 aromatic heterocycles. The molecule has 5 heteroatoms. The first-order chi connectivity index (χ1) is 14.1. The van der Waals surface area contributed by atoms with Crippen LogP contribution in [-0.4, -0.2) is 36.3 Å². The van der Waals surface area contributed by atoms with E-state index in [1.165, 1.54) is 0 Å². The maximum absolute atomic E-state index is 13.1. The second-order valence-corrected chi connectivity index (χ2v) is 7.73. The van der Waals surface area contributed by atoms with Crippen LogP contribution in [0.15, 0.2) is 66.7 Å². The van der Waals surface area contributed by atoms with Gasteiger partial charge < -0.3 is 9.64 Å². The van der Waals surface area contributed by atoms with Crippen LogP contribution in [0.1, 0.15) is 37.9 Å². The number of amides is 1. The summed E-state index contributed by atoms with van der Waals surface area (Å²) in [6, 6.07) is 20.5. The molecule has 2 aliphatic rings. The highest BCUT2D eigenvalue weighted by molar-refractivity contribution is 6.30. The highest BCUT2D eigenvalue weighted by Gasteiger charge is 2.30. The largest absolute Gasteiger partial charge is 0.370 e. The number of nitrogens with zero attached hydrogens (tertiary/aromatic N) is 1. The predicted molar refractivity (Wildman–Crippen MR) is 111 cm³/mol. The molecular weight excluding hydrogens is 386 g/mol. The summed E-state index contributed by atoms with van der Waals surface area (Å²) in [6.45, 7) is 1.45. The van der Waals surface area contributed by atoms with Gasteiger partial charge in [-0.25, -0.2) is 0 Å². The summed E-state index contributed by atoms with van der Waals surface area (Å²) < 4.78 is 5.86. The third-order valence-corrected chi connectivity index (χ3v) is 5.82. The van der Waals surface area contributed by atoms with Crippen LogP contribution in [0.2, 0.25) is 5.02 Å². The Morgan fingerprint density at radius 3 is 2.45 bits per heavy atom. The van der Waals surface area contributed by atoms with Gasteiger partial charge in [-0.1, -0.05) is 54.1 Å². The summed E-state index contributed by atoms with van der Waals surface area (Å²) >= 11 is 5.97. The number of morpholine rings is 1. The molecule has 4 nitrogen and oxygen atoms in total. The number of ketones is 1. The number of hydrogen-bond donors (Lipinski definition) is 0. The number of carbonyl (C=O) groups excluding carboxylic acids is 2. The van der Waals surface area contributed by atoms with Gasteiger partial charge in [-0.05, 0) is 41.0 Å². The Kier molecular flexibility index (Phi) is 4.46. The lowest BCUT2D eigenvalue weighted by molar-refractivity contribution is -0.0228. The number of ether oxygens (including phenoxy) is 1. The van der Waals surface area contributed by atoms with Crippen LogP contribution >= 0.6 is 11.6 Å². The molecule has 0 spiro atoms. The molecule has 1 unspecified atom stereocenters. The molecule has 0 saturated carbocycles. The van der Waals surface area contributed by atoms with E-state index in [0.717, 1.165) is 16.7 Å².